The zero-order valence-electron chi connectivity index (χ0n) is 17.3. The predicted molar refractivity (Wildman–Crippen MR) is 119 cm³/mol. The van der Waals surface area contributed by atoms with Crippen LogP contribution in [0.5, 0.6) is 0 Å². The number of fused-ring (bicyclic) bond motifs is 1. The Hall–Kier alpha value is -2.82. The molecule has 2 aromatic carbocycles. The fourth-order valence-electron chi connectivity index (χ4n) is 3.21. The Balaban J connectivity index is 2.08. The molecule has 1 aromatic heterocycles. The van der Waals surface area contributed by atoms with Gasteiger partial charge in [-0.25, -0.2) is 13.2 Å². The quantitative estimate of drug-likeness (QED) is 0.507. The van der Waals surface area contributed by atoms with Crippen LogP contribution < -0.4 is 15.3 Å². The molecule has 0 radical (unpaired) electrons. The van der Waals surface area contributed by atoms with Crippen LogP contribution in [0.1, 0.15) is 0 Å². The molecule has 0 bridgehead atoms. The van der Waals surface area contributed by atoms with Crippen LogP contribution in [0.2, 0.25) is 5.02 Å². The van der Waals surface area contributed by atoms with Gasteiger partial charge in [0.2, 0.25) is 5.91 Å². The summed E-state index contributed by atoms with van der Waals surface area (Å²) in [6.07, 6.45) is 0. The largest absolute Gasteiger partial charge is 0.383 e. The van der Waals surface area contributed by atoms with E-state index in [9.17, 15) is 18.0 Å². The number of carbonyl (C=O) groups is 1. The fraction of sp³-hybridized carbons (Fsp3) is 0.300. The summed E-state index contributed by atoms with van der Waals surface area (Å²) >= 11 is 6.26. The number of hydrogen-bond acceptors (Lipinski definition) is 5. The van der Waals surface area contributed by atoms with E-state index in [1.54, 1.807) is 38.4 Å². The number of carbonyl (C=O) groups excluding carboxylic acids is 1. The lowest BCUT2D eigenvalue weighted by Gasteiger charge is -2.25. The van der Waals surface area contributed by atoms with E-state index in [4.69, 9.17) is 16.3 Å². The van der Waals surface area contributed by atoms with E-state index < -0.39 is 22.5 Å². The molecule has 1 N–H and O–H groups in total. The maximum absolute atomic E-state index is 13.6. The summed E-state index contributed by atoms with van der Waals surface area (Å²) in [5, 5.41) is 2.80. The minimum Gasteiger partial charge on any atom is -0.383 e. The Bertz CT molecular complexity index is 1280. The second kappa shape index (κ2) is 9.13. The van der Waals surface area contributed by atoms with Crippen LogP contribution in [0, 0.1) is 0 Å². The van der Waals surface area contributed by atoms with Gasteiger partial charge in [-0.1, -0.05) is 23.7 Å². The number of anilines is 1. The summed E-state index contributed by atoms with van der Waals surface area (Å²) in [4.78, 5) is 24.6. The molecular formula is C20H23ClN4O5S. The molecule has 3 aromatic rings. The van der Waals surface area contributed by atoms with Gasteiger partial charge in [0.25, 0.3) is 10.0 Å². The summed E-state index contributed by atoms with van der Waals surface area (Å²) in [7, 11) is 0.494. The van der Waals surface area contributed by atoms with Gasteiger partial charge in [0.15, 0.2) is 0 Å². The lowest BCUT2D eigenvalue weighted by Crippen LogP contribution is -2.41. The number of aromatic nitrogens is 2. The number of nitrogens with zero attached hydrogens (tertiary/aromatic N) is 3. The van der Waals surface area contributed by atoms with Gasteiger partial charge in [-0.2, -0.15) is 0 Å². The first-order chi connectivity index (χ1) is 14.7. The number of imidazole rings is 1. The smallest absolute Gasteiger partial charge is 0.328 e. The first-order valence-electron chi connectivity index (χ1n) is 9.37. The lowest BCUT2D eigenvalue weighted by molar-refractivity contribution is -0.119. The van der Waals surface area contributed by atoms with E-state index in [0.717, 1.165) is 4.31 Å². The third-order valence-corrected chi connectivity index (χ3v) is 6.94. The van der Waals surface area contributed by atoms with Gasteiger partial charge in [-0.15, -0.1) is 0 Å². The Kier molecular flexibility index (Phi) is 6.73. The molecule has 9 nitrogen and oxygen atoms in total. The molecule has 0 saturated carbocycles. The van der Waals surface area contributed by atoms with Crippen LogP contribution in [0.4, 0.5) is 5.69 Å². The molecule has 0 aliphatic heterocycles. The zero-order valence-corrected chi connectivity index (χ0v) is 18.9. The molecule has 0 spiro atoms. The standard InChI is InChI=1S/C20H23ClN4O5S/c1-23-17-9-8-14(12-18(17)24(2)20(23)27)31(28,29)25(13-19(26)22-10-11-30-3)16-7-5-4-6-15(16)21/h4-9,12H,10-11,13H2,1-3H3,(H,22,26). The van der Waals surface area contributed by atoms with E-state index in [1.165, 1.54) is 34.4 Å². The normalized spacial score (nSPS) is 11.6. The van der Waals surface area contributed by atoms with Gasteiger partial charge >= 0.3 is 5.69 Å². The number of sulfonamides is 1. The number of nitrogens with one attached hydrogen (secondary N) is 1. The molecule has 3 rings (SSSR count). The van der Waals surface area contributed by atoms with Crippen molar-refractivity contribution in [3.05, 3.63) is 58.0 Å². The molecular weight excluding hydrogens is 444 g/mol. The zero-order chi connectivity index (χ0) is 22.8. The van der Waals surface area contributed by atoms with Gasteiger partial charge in [0.05, 0.1) is 33.2 Å². The van der Waals surface area contributed by atoms with Crippen LogP contribution in [0.25, 0.3) is 11.0 Å². The van der Waals surface area contributed by atoms with Crippen LogP contribution in [0.15, 0.2) is 52.2 Å². The highest BCUT2D eigenvalue weighted by Crippen LogP contribution is 2.31. The number of ether oxygens (including phenoxy) is 1. The maximum atomic E-state index is 13.6. The first-order valence-corrected chi connectivity index (χ1v) is 11.2. The number of aryl methyl sites for hydroxylation is 2. The average molecular weight is 467 g/mol. The highest BCUT2D eigenvalue weighted by Gasteiger charge is 2.29. The molecule has 11 heteroatoms. The van der Waals surface area contributed by atoms with Crippen LogP contribution >= 0.6 is 11.6 Å². The second-order valence-electron chi connectivity index (χ2n) is 6.86. The van der Waals surface area contributed by atoms with Crippen molar-refractivity contribution < 1.29 is 17.9 Å². The third-order valence-electron chi connectivity index (χ3n) is 4.87. The van der Waals surface area contributed by atoms with Gasteiger partial charge in [0, 0.05) is 27.7 Å². The number of amides is 1. The number of hydrogen-bond donors (Lipinski definition) is 1. The van der Waals surface area contributed by atoms with Gasteiger partial charge in [-0.3, -0.25) is 18.2 Å². The van der Waals surface area contributed by atoms with Gasteiger partial charge < -0.3 is 10.1 Å². The van der Waals surface area contributed by atoms with E-state index in [2.05, 4.69) is 5.32 Å². The van der Waals surface area contributed by atoms with Crippen molar-refractivity contribution in [2.75, 3.05) is 31.1 Å². The second-order valence-corrected chi connectivity index (χ2v) is 9.13. The maximum Gasteiger partial charge on any atom is 0.328 e. The number of benzene rings is 2. The van der Waals surface area contributed by atoms with Crippen LogP contribution in [-0.2, 0) is 33.7 Å². The minimum absolute atomic E-state index is 0.0641. The molecule has 0 aliphatic carbocycles. The summed E-state index contributed by atoms with van der Waals surface area (Å²) < 4.78 is 35.8. The highest BCUT2D eigenvalue weighted by molar-refractivity contribution is 7.92. The molecule has 0 aliphatic rings. The number of halogens is 1. The minimum atomic E-state index is -4.18. The average Bonchev–Trinajstić information content (AvgIpc) is 2.96. The van der Waals surface area contributed by atoms with Crippen molar-refractivity contribution in [2.45, 2.75) is 4.90 Å². The fourth-order valence-corrected chi connectivity index (χ4v) is 4.96. The Morgan fingerprint density at radius 3 is 2.48 bits per heavy atom. The van der Waals surface area contributed by atoms with Crippen molar-refractivity contribution in [1.82, 2.24) is 14.5 Å². The Morgan fingerprint density at radius 1 is 1.13 bits per heavy atom. The van der Waals surface area contributed by atoms with Crippen LogP contribution in [0.3, 0.4) is 0 Å². The third kappa shape index (κ3) is 4.46. The van der Waals surface area contributed by atoms with Crippen molar-refractivity contribution >= 4 is 44.3 Å². The highest BCUT2D eigenvalue weighted by atomic mass is 35.5. The first kappa shape index (κ1) is 22.9. The van der Waals surface area contributed by atoms with E-state index in [0.29, 0.717) is 17.6 Å². The summed E-state index contributed by atoms with van der Waals surface area (Å²) in [5.41, 5.74) is 0.948. The van der Waals surface area contributed by atoms with Crippen LogP contribution in [-0.4, -0.2) is 50.3 Å². The monoisotopic (exact) mass is 466 g/mol. The summed E-state index contributed by atoms with van der Waals surface area (Å²) in [6, 6.07) is 10.8. The molecule has 31 heavy (non-hydrogen) atoms. The lowest BCUT2D eigenvalue weighted by atomic mass is 10.3. The molecule has 0 atom stereocenters. The number of methoxy groups -OCH3 is 1. The van der Waals surface area contributed by atoms with Gasteiger partial charge in [-0.05, 0) is 30.3 Å². The molecule has 0 fully saturated rings. The molecule has 1 amide bonds. The summed E-state index contributed by atoms with van der Waals surface area (Å²) in [5.74, 6) is -0.506. The Morgan fingerprint density at radius 2 is 1.81 bits per heavy atom. The van der Waals surface area contributed by atoms with E-state index in [1.807, 2.05) is 0 Å². The van der Waals surface area contributed by atoms with Crippen molar-refractivity contribution in [3.63, 3.8) is 0 Å². The van der Waals surface area contributed by atoms with E-state index in [-0.39, 0.29) is 27.8 Å². The van der Waals surface area contributed by atoms with Crippen molar-refractivity contribution in [1.29, 1.82) is 0 Å². The molecule has 0 unspecified atom stereocenters. The van der Waals surface area contributed by atoms with Crippen molar-refractivity contribution in [2.24, 2.45) is 14.1 Å². The number of para-hydroxylation sites is 1. The summed E-state index contributed by atoms with van der Waals surface area (Å²) in [6.45, 7) is 0.0641. The van der Waals surface area contributed by atoms with Gasteiger partial charge in [0.1, 0.15) is 6.54 Å². The SMILES string of the molecule is COCCNC(=O)CN(c1ccccc1Cl)S(=O)(=O)c1ccc2c(c1)n(C)c(=O)n2C. The van der Waals surface area contributed by atoms with E-state index >= 15 is 0 Å². The predicted octanol–water partition coefficient (Wildman–Crippen LogP) is 1.49. The number of rotatable bonds is 8. The molecule has 0 saturated heterocycles. The topological polar surface area (TPSA) is 103 Å². The molecule has 166 valence electrons. The van der Waals surface area contributed by atoms with Crippen molar-refractivity contribution in [3.8, 4) is 0 Å². The Labute approximate surface area is 184 Å². The molecule has 1 heterocycles.